The molecule has 120 valence electrons. The number of carbonyl (C=O) groups excluding carboxylic acids is 3. The smallest absolute Gasteiger partial charge is 0.308 e. The molecule has 6 heteroatoms. The van der Waals surface area contributed by atoms with Gasteiger partial charge in [-0.05, 0) is 11.5 Å². The number of hydrogen-bond donors (Lipinski definition) is 2. The van der Waals surface area contributed by atoms with Crippen molar-refractivity contribution in [2.75, 3.05) is 0 Å². The van der Waals surface area contributed by atoms with E-state index in [0.29, 0.717) is 0 Å². The van der Waals surface area contributed by atoms with Crippen molar-refractivity contribution in [2.45, 2.75) is 39.3 Å². The Balaban J connectivity index is 2.47. The van der Waals surface area contributed by atoms with Crippen LogP contribution in [0.1, 0.15) is 32.3 Å². The number of esters is 1. The summed E-state index contributed by atoms with van der Waals surface area (Å²) in [5.41, 5.74) is 6.05. The van der Waals surface area contributed by atoms with E-state index in [1.807, 2.05) is 44.2 Å². The van der Waals surface area contributed by atoms with Crippen molar-refractivity contribution in [3.8, 4) is 0 Å². The molecular formula is C16H22N2O4. The van der Waals surface area contributed by atoms with Crippen molar-refractivity contribution in [1.29, 1.82) is 0 Å². The van der Waals surface area contributed by atoms with Gasteiger partial charge in [-0.25, -0.2) is 0 Å². The van der Waals surface area contributed by atoms with Crippen LogP contribution in [0.2, 0.25) is 0 Å². The summed E-state index contributed by atoms with van der Waals surface area (Å²) < 4.78 is 5.07. The molecule has 0 aliphatic carbocycles. The number of nitrogens with one attached hydrogen (secondary N) is 1. The van der Waals surface area contributed by atoms with Crippen molar-refractivity contribution in [3.63, 3.8) is 0 Å². The first-order valence-corrected chi connectivity index (χ1v) is 7.16. The normalized spacial score (nSPS) is 11.8. The van der Waals surface area contributed by atoms with E-state index in [0.717, 1.165) is 5.56 Å². The highest BCUT2D eigenvalue weighted by Gasteiger charge is 2.22. The summed E-state index contributed by atoms with van der Waals surface area (Å²) >= 11 is 0. The lowest BCUT2D eigenvalue weighted by Crippen LogP contribution is -2.46. The Labute approximate surface area is 130 Å². The predicted molar refractivity (Wildman–Crippen MR) is 81.4 cm³/mol. The Kier molecular flexibility index (Phi) is 7.08. The van der Waals surface area contributed by atoms with Crippen LogP contribution in [0, 0.1) is 5.92 Å². The molecule has 2 amide bonds. The average molecular weight is 306 g/mol. The minimum Gasteiger partial charge on any atom is -0.461 e. The van der Waals surface area contributed by atoms with E-state index in [1.54, 1.807) is 0 Å². The molecule has 0 heterocycles. The summed E-state index contributed by atoms with van der Waals surface area (Å²) in [7, 11) is 0. The van der Waals surface area contributed by atoms with E-state index in [-0.39, 0.29) is 31.3 Å². The second kappa shape index (κ2) is 8.81. The quantitative estimate of drug-likeness (QED) is 0.703. The summed E-state index contributed by atoms with van der Waals surface area (Å²) in [4.78, 5) is 34.7. The maximum Gasteiger partial charge on any atom is 0.308 e. The van der Waals surface area contributed by atoms with Gasteiger partial charge in [0.05, 0.1) is 6.42 Å². The first kappa shape index (κ1) is 17.7. The van der Waals surface area contributed by atoms with Gasteiger partial charge in [0.25, 0.3) is 0 Å². The van der Waals surface area contributed by atoms with E-state index >= 15 is 0 Å². The molecule has 0 radical (unpaired) electrons. The third kappa shape index (κ3) is 6.88. The van der Waals surface area contributed by atoms with Gasteiger partial charge in [0.1, 0.15) is 12.6 Å². The van der Waals surface area contributed by atoms with Crippen LogP contribution in [0.25, 0.3) is 0 Å². The number of hydrogen-bond acceptors (Lipinski definition) is 4. The highest BCUT2D eigenvalue weighted by atomic mass is 16.5. The molecule has 0 aromatic heterocycles. The van der Waals surface area contributed by atoms with Gasteiger partial charge in [-0.3, -0.25) is 14.4 Å². The first-order chi connectivity index (χ1) is 10.4. The highest BCUT2D eigenvalue weighted by Crippen LogP contribution is 2.04. The second-order valence-electron chi connectivity index (χ2n) is 5.47. The van der Waals surface area contributed by atoms with Crippen LogP contribution in [0.15, 0.2) is 30.3 Å². The second-order valence-corrected chi connectivity index (χ2v) is 5.47. The van der Waals surface area contributed by atoms with Crippen molar-refractivity contribution < 1.29 is 19.1 Å². The first-order valence-electron chi connectivity index (χ1n) is 7.16. The van der Waals surface area contributed by atoms with Gasteiger partial charge in [0.2, 0.25) is 11.8 Å². The van der Waals surface area contributed by atoms with E-state index in [2.05, 4.69) is 5.32 Å². The molecule has 1 atom stereocenters. The van der Waals surface area contributed by atoms with E-state index < -0.39 is 17.9 Å². The van der Waals surface area contributed by atoms with Crippen LogP contribution in [-0.4, -0.2) is 23.8 Å². The van der Waals surface area contributed by atoms with Gasteiger partial charge in [0.15, 0.2) is 0 Å². The zero-order valence-corrected chi connectivity index (χ0v) is 12.9. The van der Waals surface area contributed by atoms with Crippen LogP contribution in [-0.2, 0) is 25.7 Å². The van der Waals surface area contributed by atoms with Crippen LogP contribution in [0.4, 0.5) is 0 Å². The summed E-state index contributed by atoms with van der Waals surface area (Å²) in [6, 6.07) is 8.13. The molecule has 0 saturated heterocycles. The van der Waals surface area contributed by atoms with E-state index in [4.69, 9.17) is 10.5 Å². The molecule has 22 heavy (non-hydrogen) atoms. The van der Waals surface area contributed by atoms with Crippen molar-refractivity contribution in [1.82, 2.24) is 5.32 Å². The Morgan fingerprint density at radius 3 is 2.32 bits per heavy atom. The number of rotatable bonds is 8. The highest BCUT2D eigenvalue weighted by molar-refractivity contribution is 5.90. The Morgan fingerprint density at radius 2 is 1.77 bits per heavy atom. The molecular weight excluding hydrogens is 284 g/mol. The Hall–Kier alpha value is -2.37. The minimum absolute atomic E-state index is 0.116. The third-order valence-electron chi connectivity index (χ3n) is 2.89. The molecule has 0 unspecified atom stereocenters. The van der Waals surface area contributed by atoms with Crippen LogP contribution in [0.5, 0.6) is 0 Å². The van der Waals surface area contributed by atoms with Crippen molar-refractivity contribution >= 4 is 17.8 Å². The van der Waals surface area contributed by atoms with Crippen LogP contribution >= 0.6 is 0 Å². The van der Waals surface area contributed by atoms with Gasteiger partial charge in [-0.2, -0.15) is 0 Å². The SMILES string of the molecule is CC(C)CC(=O)N[C@H](CC(=O)OCc1ccccc1)C(N)=O. The number of amides is 2. The molecule has 1 aromatic carbocycles. The summed E-state index contributed by atoms with van der Waals surface area (Å²) in [6.45, 7) is 3.88. The Morgan fingerprint density at radius 1 is 1.14 bits per heavy atom. The van der Waals surface area contributed by atoms with Gasteiger partial charge in [0, 0.05) is 6.42 Å². The molecule has 1 aromatic rings. The number of benzene rings is 1. The van der Waals surface area contributed by atoms with E-state index in [1.165, 1.54) is 0 Å². The molecule has 3 N–H and O–H groups in total. The zero-order chi connectivity index (χ0) is 16.5. The molecule has 0 fully saturated rings. The topological polar surface area (TPSA) is 98.5 Å². The predicted octanol–water partition coefficient (Wildman–Crippen LogP) is 1.14. The lowest BCUT2D eigenvalue weighted by Gasteiger charge is -2.15. The van der Waals surface area contributed by atoms with Gasteiger partial charge in [-0.15, -0.1) is 0 Å². The average Bonchev–Trinajstić information content (AvgIpc) is 2.44. The largest absolute Gasteiger partial charge is 0.461 e. The molecule has 1 rings (SSSR count). The zero-order valence-electron chi connectivity index (χ0n) is 12.9. The van der Waals surface area contributed by atoms with Gasteiger partial charge in [-0.1, -0.05) is 44.2 Å². The lowest BCUT2D eigenvalue weighted by atomic mass is 10.1. The molecule has 0 spiro atoms. The molecule has 0 saturated carbocycles. The van der Waals surface area contributed by atoms with Crippen molar-refractivity contribution in [2.24, 2.45) is 11.7 Å². The summed E-state index contributed by atoms with van der Waals surface area (Å²) in [5.74, 6) is -1.50. The standard InChI is InChI=1S/C16H22N2O4/c1-11(2)8-14(19)18-13(16(17)21)9-15(20)22-10-12-6-4-3-5-7-12/h3-7,11,13H,8-10H2,1-2H3,(H2,17,21)(H,18,19)/t13-/m1/s1. The van der Waals surface area contributed by atoms with E-state index in [9.17, 15) is 14.4 Å². The van der Waals surface area contributed by atoms with Gasteiger partial charge < -0.3 is 15.8 Å². The van der Waals surface area contributed by atoms with Crippen LogP contribution < -0.4 is 11.1 Å². The summed E-state index contributed by atoms with van der Waals surface area (Å²) in [6.07, 6.45) is -0.00511. The number of primary amides is 1. The molecule has 0 bridgehead atoms. The molecule has 0 aliphatic rings. The number of ether oxygens (including phenoxy) is 1. The summed E-state index contributed by atoms with van der Waals surface area (Å²) in [5, 5.41) is 2.46. The number of nitrogens with two attached hydrogens (primary N) is 1. The third-order valence-corrected chi connectivity index (χ3v) is 2.89. The maximum atomic E-state index is 11.8. The molecule has 6 nitrogen and oxygen atoms in total. The van der Waals surface area contributed by atoms with Crippen LogP contribution in [0.3, 0.4) is 0 Å². The molecule has 0 aliphatic heterocycles. The minimum atomic E-state index is -1.05. The number of carbonyl (C=O) groups is 3. The fraction of sp³-hybridized carbons (Fsp3) is 0.438. The van der Waals surface area contributed by atoms with Crippen molar-refractivity contribution in [3.05, 3.63) is 35.9 Å². The lowest BCUT2D eigenvalue weighted by molar-refractivity contribution is -0.147. The maximum absolute atomic E-state index is 11.8. The Bertz CT molecular complexity index is 514. The van der Waals surface area contributed by atoms with Gasteiger partial charge >= 0.3 is 5.97 Å². The monoisotopic (exact) mass is 306 g/mol. The fourth-order valence-electron chi connectivity index (χ4n) is 1.81. The fourth-order valence-corrected chi connectivity index (χ4v) is 1.81.